The van der Waals surface area contributed by atoms with Crippen LogP contribution in [-0.2, 0) is 34.8 Å². The number of halogens is 8. The van der Waals surface area contributed by atoms with E-state index in [1.54, 1.807) is 60.9 Å². The summed E-state index contributed by atoms with van der Waals surface area (Å²) in [6.07, 6.45) is -5.84. The first-order valence-electron chi connectivity index (χ1n) is 24.5. The predicted molar refractivity (Wildman–Crippen MR) is 288 cm³/mol. The van der Waals surface area contributed by atoms with E-state index in [0.29, 0.717) is 28.0 Å². The van der Waals surface area contributed by atoms with Crippen LogP contribution in [0.2, 0.25) is 0 Å². The van der Waals surface area contributed by atoms with Gasteiger partial charge >= 0.3 is 18.3 Å². The number of fused-ring (bicyclic) bond motifs is 2. The summed E-state index contributed by atoms with van der Waals surface area (Å²) in [7, 11) is 0. The van der Waals surface area contributed by atoms with Crippen LogP contribution in [0.15, 0.2) is 194 Å². The lowest BCUT2D eigenvalue weighted by Gasteiger charge is -2.16. The van der Waals surface area contributed by atoms with Crippen molar-refractivity contribution >= 4 is 33.9 Å². The number of carbonyl (C=O) groups excluding carboxylic acids is 1. The van der Waals surface area contributed by atoms with Crippen molar-refractivity contribution in [1.29, 1.82) is 0 Å². The summed E-state index contributed by atoms with van der Waals surface area (Å²) >= 11 is 0. The third kappa shape index (κ3) is 14.6. The number of benzene rings is 6. The molecule has 10 rings (SSSR count). The van der Waals surface area contributed by atoms with E-state index in [4.69, 9.17) is 10.8 Å². The van der Waals surface area contributed by atoms with E-state index >= 15 is 0 Å². The second-order valence-corrected chi connectivity index (χ2v) is 18.3. The second kappa shape index (κ2) is 24.4. The van der Waals surface area contributed by atoms with Crippen LogP contribution in [0.4, 0.5) is 35.1 Å². The van der Waals surface area contributed by atoms with Gasteiger partial charge in [0.05, 0.1) is 41.4 Å². The van der Waals surface area contributed by atoms with Gasteiger partial charge in [0.15, 0.2) is 11.3 Å². The van der Waals surface area contributed by atoms with E-state index < -0.39 is 41.1 Å². The molecular weight excluding hydrogens is 1030 g/mol. The molecule has 4 heterocycles. The molecule has 0 unspecified atom stereocenters. The average Bonchev–Trinajstić information content (AvgIpc) is 3.43. The monoisotopic (exact) mass is 1080 g/mol. The molecule has 2 atom stereocenters. The van der Waals surface area contributed by atoms with Crippen molar-refractivity contribution in [3.63, 3.8) is 0 Å². The molecule has 0 saturated heterocycles. The lowest BCUT2D eigenvalue weighted by Crippen LogP contribution is -2.28. The van der Waals surface area contributed by atoms with E-state index in [-0.39, 0.29) is 36.4 Å². The molecule has 6 aromatic carbocycles. The van der Waals surface area contributed by atoms with Crippen molar-refractivity contribution in [3.05, 3.63) is 239 Å². The molecule has 4 aromatic heterocycles. The molecule has 0 bridgehead atoms. The van der Waals surface area contributed by atoms with Crippen LogP contribution in [0.25, 0.3) is 66.8 Å². The molecule has 0 aliphatic carbocycles. The van der Waals surface area contributed by atoms with Crippen molar-refractivity contribution in [1.82, 2.24) is 25.3 Å². The summed E-state index contributed by atoms with van der Waals surface area (Å²) in [6, 6.07) is 49.5. The number of carboxylic acid groups (broad SMARTS) is 1. The number of aliphatic carboxylic acids is 1. The SMILES string of the molecule is C[C@H](N)c1ccc(-c2ccc(F)c(C(F)(F)F)c2)cc1.C[C@H](NC(=O)Cc1ccc(-c2ccc3cccnc3n2)cc1)c1ccc(-c2ccc(F)c(C(F)(F)F)c2)cc1.O=C(O)Cc1ccc(-c2ccc3cccnc3n2)cc1. The molecular formula is C62H48F8N6O3. The highest BCUT2D eigenvalue weighted by atomic mass is 19.4. The molecule has 0 spiro atoms. The topological polar surface area (TPSA) is 144 Å². The zero-order valence-electron chi connectivity index (χ0n) is 42.2. The van der Waals surface area contributed by atoms with Crippen LogP contribution in [0, 0.1) is 11.6 Å². The van der Waals surface area contributed by atoms with Gasteiger partial charge in [-0.1, -0.05) is 109 Å². The molecule has 10 aromatic rings. The zero-order valence-corrected chi connectivity index (χ0v) is 42.2. The van der Waals surface area contributed by atoms with Crippen molar-refractivity contribution < 1.29 is 49.8 Å². The van der Waals surface area contributed by atoms with Crippen molar-refractivity contribution in [2.24, 2.45) is 5.73 Å². The van der Waals surface area contributed by atoms with Crippen LogP contribution in [0.3, 0.4) is 0 Å². The number of rotatable bonds is 11. The van der Waals surface area contributed by atoms with E-state index in [9.17, 15) is 44.7 Å². The maximum absolute atomic E-state index is 13.6. The highest BCUT2D eigenvalue weighted by Crippen LogP contribution is 2.36. The summed E-state index contributed by atoms with van der Waals surface area (Å²) in [5.74, 6) is -3.57. The Morgan fingerprint density at radius 3 is 1.30 bits per heavy atom. The van der Waals surface area contributed by atoms with E-state index in [2.05, 4.69) is 25.3 Å². The van der Waals surface area contributed by atoms with Crippen LogP contribution in [-0.4, -0.2) is 36.9 Å². The van der Waals surface area contributed by atoms with Gasteiger partial charge in [-0.15, -0.1) is 0 Å². The normalized spacial score (nSPS) is 12.1. The largest absolute Gasteiger partial charge is 0.481 e. The Morgan fingerprint density at radius 1 is 0.506 bits per heavy atom. The molecule has 0 radical (unpaired) electrons. The van der Waals surface area contributed by atoms with E-state index in [0.717, 1.165) is 79.8 Å². The minimum atomic E-state index is -4.77. The van der Waals surface area contributed by atoms with E-state index in [1.165, 1.54) is 12.1 Å². The molecule has 0 saturated carbocycles. The van der Waals surface area contributed by atoms with Crippen molar-refractivity contribution in [2.45, 2.75) is 51.1 Å². The molecule has 1 amide bonds. The molecule has 17 heteroatoms. The lowest BCUT2D eigenvalue weighted by molar-refractivity contribution is -0.140. The Labute approximate surface area is 448 Å². The van der Waals surface area contributed by atoms with Gasteiger partial charge in [-0.2, -0.15) is 26.3 Å². The number of nitrogens with two attached hydrogens (primary N) is 1. The highest BCUT2D eigenvalue weighted by Gasteiger charge is 2.35. The first-order valence-corrected chi connectivity index (χ1v) is 24.5. The fourth-order valence-electron chi connectivity index (χ4n) is 8.34. The molecule has 0 fully saturated rings. The standard InChI is InChI=1S/C31H23F4N3O.C16H12N2O2.C15H13F4N/c1-19(21-8-10-22(11-9-21)25-12-14-27(32)26(18-25)31(33,34)35)37-29(39)17-20-4-6-23(7-5-20)28-15-13-24-3-2-16-36-30(24)38-28;19-15(20)10-11-3-5-12(6-4-11)14-8-7-13-2-1-9-17-16(13)18-14;1-9(20)10-2-4-11(5-3-10)12-6-7-14(16)13(8-12)15(17,18)19/h2-16,18-19H,17H2,1H3,(H,37,39);1-9H,10H2,(H,19,20);2-9H,20H2,1H3/t19-;;9-/m0.0/s1. The number of nitrogens with zero attached hydrogens (tertiary/aromatic N) is 4. The third-order valence-electron chi connectivity index (χ3n) is 12.6. The number of hydrogen-bond acceptors (Lipinski definition) is 7. The van der Waals surface area contributed by atoms with Gasteiger partial charge in [-0.3, -0.25) is 9.59 Å². The van der Waals surface area contributed by atoms with Crippen LogP contribution in [0.5, 0.6) is 0 Å². The summed E-state index contributed by atoms with van der Waals surface area (Å²) in [6.45, 7) is 3.64. The maximum atomic E-state index is 13.6. The first-order chi connectivity index (χ1) is 37.7. The number of carbonyl (C=O) groups is 2. The van der Waals surface area contributed by atoms with Crippen molar-refractivity contribution in [2.75, 3.05) is 0 Å². The third-order valence-corrected chi connectivity index (χ3v) is 12.6. The Morgan fingerprint density at radius 2 is 0.899 bits per heavy atom. The van der Waals surface area contributed by atoms with Gasteiger partial charge in [-0.05, 0) is 131 Å². The minimum Gasteiger partial charge on any atom is -0.481 e. The lowest BCUT2D eigenvalue weighted by atomic mass is 9.99. The Hall–Kier alpha value is -9.22. The molecule has 0 aliphatic rings. The molecule has 9 nitrogen and oxygen atoms in total. The summed E-state index contributed by atoms with van der Waals surface area (Å²) in [5.41, 5.74) is 13.0. The summed E-state index contributed by atoms with van der Waals surface area (Å²) < 4.78 is 104. The number of carboxylic acids is 1. The summed E-state index contributed by atoms with van der Waals surface area (Å²) in [4.78, 5) is 41.0. The minimum absolute atomic E-state index is 0.0347. The fraction of sp³-hybridized carbons (Fsp3) is 0.129. The van der Waals surface area contributed by atoms with Gasteiger partial charge in [0.2, 0.25) is 5.91 Å². The Kier molecular flexibility index (Phi) is 17.3. The first kappa shape index (κ1) is 56.0. The van der Waals surface area contributed by atoms with Gasteiger partial charge < -0.3 is 16.2 Å². The number of pyridine rings is 4. The fourth-order valence-corrected chi connectivity index (χ4v) is 8.34. The zero-order chi connectivity index (χ0) is 56.4. The number of nitrogens with one attached hydrogen (secondary N) is 1. The van der Waals surface area contributed by atoms with Crippen molar-refractivity contribution in [3.8, 4) is 44.8 Å². The highest BCUT2D eigenvalue weighted by molar-refractivity contribution is 5.81. The summed E-state index contributed by atoms with van der Waals surface area (Å²) in [5, 5.41) is 13.7. The number of aromatic nitrogens is 4. The number of hydrogen-bond donors (Lipinski definition) is 3. The van der Waals surface area contributed by atoms with Gasteiger partial charge in [0.1, 0.15) is 11.6 Å². The Bertz CT molecular complexity index is 3740. The second-order valence-electron chi connectivity index (χ2n) is 18.3. The molecule has 4 N–H and O–H groups in total. The average molecular weight is 1080 g/mol. The number of amides is 1. The van der Waals surface area contributed by atoms with Crippen LogP contribution < -0.4 is 11.1 Å². The van der Waals surface area contributed by atoms with Gasteiger partial charge in [0.25, 0.3) is 0 Å². The molecule has 79 heavy (non-hydrogen) atoms. The van der Waals surface area contributed by atoms with Crippen LogP contribution in [0.1, 0.15) is 59.3 Å². The molecule has 0 aliphatic heterocycles. The van der Waals surface area contributed by atoms with Gasteiger partial charge in [-0.25, -0.2) is 28.7 Å². The number of alkyl halides is 6. The predicted octanol–water partition coefficient (Wildman–Crippen LogP) is 15.0. The van der Waals surface area contributed by atoms with Gasteiger partial charge in [0, 0.05) is 40.3 Å². The maximum Gasteiger partial charge on any atom is 0.419 e. The van der Waals surface area contributed by atoms with Crippen LogP contribution >= 0.6 is 0 Å². The Balaban J connectivity index is 0.000000172. The molecule has 400 valence electrons. The van der Waals surface area contributed by atoms with E-state index in [1.807, 2.05) is 111 Å². The quantitative estimate of drug-likeness (QED) is 0.109. The smallest absolute Gasteiger partial charge is 0.419 e.